The van der Waals surface area contributed by atoms with Crippen molar-refractivity contribution in [3.63, 3.8) is 0 Å². The van der Waals surface area contributed by atoms with Gasteiger partial charge in [-0.2, -0.15) is 0 Å². The zero-order valence-corrected chi connectivity index (χ0v) is 6.99. The topological polar surface area (TPSA) is 38.1 Å². The zero-order valence-electron chi connectivity index (χ0n) is 6.99. The Labute approximate surface area is 66.7 Å². The molecule has 1 unspecified atom stereocenters. The first-order chi connectivity index (χ1) is 5.29. The Hall–Kier alpha value is -0.830. The third kappa shape index (κ3) is 1.60. The molecule has 0 amide bonds. The van der Waals surface area contributed by atoms with Crippen molar-refractivity contribution in [2.45, 2.75) is 32.9 Å². The highest BCUT2D eigenvalue weighted by atomic mass is 16.3. The third-order valence-electron chi connectivity index (χ3n) is 1.77. The van der Waals surface area contributed by atoms with Crippen molar-refractivity contribution in [2.75, 3.05) is 0 Å². The molecule has 62 valence electrons. The average molecular weight is 154 g/mol. The third-order valence-corrected chi connectivity index (χ3v) is 1.77. The highest BCUT2D eigenvalue weighted by Crippen LogP contribution is 2.13. The van der Waals surface area contributed by atoms with Crippen LogP contribution >= 0.6 is 0 Å². The van der Waals surface area contributed by atoms with Crippen molar-refractivity contribution < 1.29 is 5.11 Å². The Balaban J connectivity index is 2.83. The Morgan fingerprint density at radius 2 is 2.36 bits per heavy atom. The largest absolute Gasteiger partial charge is 0.385 e. The Morgan fingerprint density at radius 3 is 2.91 bits per heavy atom. The molecule has 0 saturated carbocycles. The van der Waals surface area contributed by atoms with Crippen molar-refractivity contribution in [3.8, 4) is 0 Å². The van der Waals surface area contributed by atoms with Crippen LogP contribution in [0.1, 0.15) is 32.2 Å². The van der Waals surface area contributed by atoms with Gasteiger partial charge in [0, 0.05) is 18.9 Å². The molecule has 0 saturated heterocycles. The predicted octanol–water partition coefficient (Wildman–Crippen LogP) is 1.35. The molecule has 0 aromatic carbocycles. The first kappa shape index (κ1) is 8.27. The van der Waals surface area contributed by atoms with Gasteiger partial charge in [-0.3, -0.25) is 0 Å². The van der Waals surface area contributed by atoms with Crippen molar-refractivity contribution in [3.05, 3.63) is 18.2 Å². The highest BCUT2D eigenvalue weighted by Gasteiger charge is 2.09. The van der Waals surface area contributed by atoms with E-state index < -0.39 is 6.10 Å². The summed E-state index contributed by atoms with van der Waals surface area (Å²) >= 11 is 0. The number of imidazole rings is 1. The van der Waals surface area contributed by atoms with Gasteiger partial charge >= 0.3 is 0 Å². The van der Waals surface area contributed by atoms with E-state index >= 15 is 0 Å². The molecule has 1 rings (SSSR count). The number of aliphatic hydroxyl groups excluding tert-OH is 1. The molecule has 0 aliphatic carbocycles. The fourth-order valence-corrected chi connectivity index (χ4v) is 1.07. The molecule has 0 aliphatic rings. The molecule has 1 atom stereocenters. The molecule has 0 radical (unpaired) electrons. The van der Waals surface area contributed by atoms with Crippen LogP contribution < -0.4 is 0 Å². The lowest BCUT2D eigenvalue weighted by atomic mass is 10.2. The fourth-order valence-electron chi connectivity index (χ4n) is 1.07. The van der Waals surface area contributed by atoms with Crippen LogP contribution in [0, 0.1) is 0 Å². The molecular weight excluding hydrogens is 140 g/mol. The van der Waals surface area contributed by atoms with Crippen LogP contribution in [0.3, 0.4) is 0 Å². The average Bonchev–Trinajstić information content (AvgIpc) is 2.50. The van der Waals surface area contributed by atoms with Gasteiger partial charge in [-0.1, -0.05) is 6.92 Å². The number of aryl methyl sites for hydroxylation is 1. The van der Waals surface area contributed by atoms with E-state index in [2.05, 4.69) is 4.98 Å². The minimum Gasteiger partial charge on any atom is -0.385 e. The van der Waals surface area contributed by atoms with Crippen molar-refractivity contribution in [1.29, 1.82) is 0 Å². The maximum absolute atomic E-state index is 9.45. The lowest BCUT2D eigenvalue weighted by Gasteiger charge is -2.08. The van der Waals surface area contributed by atoms with Gasteiger partial charge in [0.25, 0.3) is 0 Å². The Bertz CT molecular complexity index is 220. The smallest absolute Gasteiger partial charge is 0.137 e. The quantitative estimate of drug-likeness (QED) is 0.713. The number of nitrogens with zero attached hydrogens (tertiary/aromatic N) is 2. The van der Waals surface area contributed by atoms with Gasteiger partial charge in [-0.25, -0.2) is 4.98 Å². The molecule has 1 N–H and O–H groups in total. The van der Waals surface area contributed by atoms with Gasteiger partial charge in [0.05, 0.1) is 0 Å². The molecule has 0 spiro atoms. The summed E-state index contributed by atoms with van der Waals surface area (Å²) in [6.45, 7) is 4.85. The summed E-state index contributed by atoms with van der Waals surface area (Å²) in [5.74, 6) is 0.773. The summed E-state index contributed by atoms with van der Waals surface area (Å²) in [6.07, 6.45) is 3.91. The summed E-state index contributed by atoms with van der Waals surface area (Å²) in [4.78, 5) is 4.07. The second kappa shape index (κ2) is 3.53. The van der Waals surface area contributed by atoms with Gasteiger partial charge in [-0.15, -0.1) is 0 Å². The molecule has 3 nitrogen and oxygen atoms in total. The second-order valence-corrected chi connectivity index (χ2v) is 2.50. The van der Waals surface area contributed by atoms with E-state index in [1.54, 1.807) is 6.20 Å². The summed E-state index contributed by atoms with van der Waals surface area (Å²) in [7, 11) is 0. The minimum absolute atomic E-state index is 0.412. The van der Waals surface area contributed by atoms with Gasteiger partial charge in [0.15, 0.2) is 0 Å². The molecule has 3 heteroatoms. The van der Waals surface area contributed by atoms with Crippen molar-refractivity contribution in [1.82, 2.24) is 9.55 Å². The molecule has 0 bridgehead atoms. The van der Waals surface area contributed by atoms with E-state index in [4.69, 9.17) is 0 Å². The number of aliphatic hydroxyl groups is 1. The normalized spacial score (nSPS) is 13.4. The number of rotatable bonds is 3. The molecule has 11 heavy (non-hydrogen) atoms. The molecule has 1 aromatic rings. The molecule has 1 aromatic heterocycles. The van der Waals surface area contributed by atoms with Crippen LogP contribution in [0.2, 0.25) is 0 Å². The fraction of sp³-hybridized carbons (Fsp3) is 0.625. The van der Waals surface area contributed by atoms with Crippen LogP contribution in [0.4, 0.5) is 0 Å². The maximum Gasteiger partial charge on any atom is 0.137 e. The van der Waals surface area contributed by atoms with Gasteiger partial charge in [0.1, 0.15) is 11.9 Å². The van der Waals surface area contributed by atoms with Crippen LogP contribution in [0.15, 0.2) is 12.4 Å². The molecule has 0 aliphatic heterocycles. The van der Waals surface area contributed by atoms with Crippen LogP contribution in [-0.4, -0.2) is 14.7 Å². The van der Waals surface area contributed by atoms with Crippen LogP contribution in [0.25, 0.3) is 0 Å². The monoisotopic (exact) mass is 154 g/mol. The Morgan fingerprint density at radius 1 is 1.64 bits per heavy atom. The summed E-state index contributed by atoms with van der Waals surface area (Å²) in [6, 6.07) is 0. The molecule has 1 heterocycles. The van der Waals surface area contributed by atoms with Crippen LogP contribution in [-0.2, 0) is 6.54 Å². The Kier molecular flexibility index (Phi) is 2.65. The van der Waals surface area contributed by atoms with E-state index in [1.807, 2.05) is 24.6 Å². The first-order valence-electron chi connectivity index (χ1n) is 3.98. The van der Waals surface area contributed by atoms with E-state index in [0.717, 1.165) is 18.8 Å². The molecular formula is C8H14N2O. The predicted molar refractivity (Wildman–Crippen MR) is 43.2 cm³/mol. The first-order valence-corrected chi connectivity index (χ1v) is 3.98. The lowest BCUT2D eigenvalue weighted by Crippen LogP contribution is -2.06. The maximum atomic E-state index is 9.45. The number of hydrogen-bond donors (Lipinski definition) is 1. The summed E-state index contributed by atoms with van der Waals surface area (Å²) in [5.41, 5.74) is 0. The minimum atomic E-state index is -0.412. The van der Waals surface area contributed by atoms with Gasteiger partial charge < -0.3 is 9.67 Å². The van der Waals surface area contributed by atoms with Crippen LogP contribution in [0.5, 0.6) is 0 Å². The molecule has 0 fully saturated rings. The van der Waals surface area contributed by atoms with Crippen molar-refractivity contribution in [2.24, 2.45) is 0 Å². The van der Waals surface area contributed by atoms with E-state index in [1.165, 1.54) is 0 Å². The summed E-state index contributed by atoms with van der Waals surface area (Å²) < 4.78 is 1.95. The standard InChI is InChI=1S/C8H14N2O/c1-3-7(11)8-9-5-6-10(8)4-2/h5-7,11H,3-4H2,1-2H3. The van der Waals surface area contributed by atoms with Gasteiger partial charge in [0.2, 0.25) is 0 Å². The second-order valence-electron chi connectivity index (χ2n) is 2.50. The van der Waals surface area contributed by atoms with Gasteiger partial charge in [-0.05, 0) is 13.3 Å². The van der Waals surface area contributed by atoms with E-state index in [9.17, 15) is 5.11 Å². The van der Waals surface area contributed by atoms with Crippen molar-refractivity contribution >= 4 is 0 Å². The SMILES string of the molecule is CCC(O)c1nccn1CC. The van der Waals surface area contributed by atoms with E-state index in [0.29, 0.717) is 0 Å². The lowest BCUT2D eigenvalue weighted by molar-refractivity contribution is 0.159. The van der Waals surface area contributed by atoms with E-state index in [-0.39, 0.29) is 0 Å². The summed E-state index contributed by atoms with van der Waals surface area (Å²) in [5, 5.41) is 9.45. The number of hydrogen-bond acceptors (Lipinski definition) is 2. The zero-order chi connectivity index (χ0) is 8.27. The number of aromatic nitrogens is 2. The highest BCUT2D eigenvalue weighted by molar-refractivity contribution is 4.95.